The minimum atomic E-state index is -3.95. The fourth-order valence-corrected chi connectivity index (χ4v) is 3.32. The fourth-order valence-electron chi connectivity index (χ4n) is 1.66. The zero-order chi connectivity index (χ0) is 15.3. The van der Waals surface area contributed by atoms with Crippen molar-refractivity contribution in [1.29, 1.82) is 0 Å². The molecule has 1 aromatic rings. The van der Waals surface area contributed by atoms with Gasteiger partial charge in [-0.05, 0) is 5.92 Å². The van der Waals surface area contributed by atoms with E-state index in [-0.39, 0.29) is 31.2 Å². The number of H-pyrrole nitrogens is 1. The lowest BCUT2D eigenvalue weighted by Crippen LogP contribution is -2.37. The third-order valence-electron chi connectivity index (χ3n) is 2.55. The van der Waals surface area contributed by atoms with E-state index >= 15 is 0 Å². The van der Waals surface area contributed by atoms with Crippen molar-refractivity contribution in [2.45, 2.75) is 18.9 Å². The van der Waals surface area contributed by atoms with Crippen molar-refractivity contribution in [1.82, 2.24) is 14.5 Å². The van der Waals surface area contributed by atoms with Crippen molar-refractivity contribution >= 4 is 16.0 Å². The maximum atomic E-state index is 12.5. The van der Waals surface area contributed by atoms with Crippen LogP contribution in [0.3, 0.4) is 0 Å². The summed E-state index contributed by atoms with van der Waals surface area (Å²) in [7, 11) is -2.47. The van der Waals surface area contributed by atoms with E-state index in [0.717, 1.165) is 6.20 Å². The number of carboxylic acid groups (broad SMARTS) is 1. The van der Waals surface area contributed by atoms with Crippen molar-refractivity contribution in [3.8, 4) is 0 Å². The Hall–Kier alpha value is -1.45. The number of carbonyl (C=O) groups is 1. The van der Waals surface area contributed by atoms with Gasteiger partial charge in [0.05, 0.1) is 12.8 Å². The number of rotatable bonds is 8. The maximum Gasteiger partial charge on any atom is 0.340 e. The SMILES string of the molecule is COCCN(CC(C)C)S(=O)(=O)c1[nH]ncc1C(=O)O. The highest BCUT2D eigenvalue weighted by molar-refractivity contribution is 7.89. The number of carboxylic acids is 1. The van der Waals surface area contributed by atoms with Gasteiger partial charge in [-0.15, -0.1) is 0 Å². The Morgan fingerprint density at radius 3 is 2.70 bits per heavy atom. The van der Waals surface area contributed by atoms with Gasteiger partial charge in [-0.3, -0.25) is 5.10 Å². The smallest absolute Gasteiger partial charge is 0.340 e. The van der Waals surface area contributed by atoms with Crippen LogP contribution in [0.4, 0.5) is 0 Å². The summed E-state index contributed by atoms with van der Waals surface area (Å²) in [5, 5.41) is 14.4. The second kappa shape index (κ2) is 6.82. The van der Waals surface area contributed by atoms with Gasteiger partial charge in [-0.1, -0.05) is 13.8 Å². The first kappa shape index (κ1) is 16.6. The van der Waals surface area contributed by atoms with Crippen molar-refractivity contribution in [3.63, 3.8) is 0 Å². The van der Waals surface area contributed by atoms with Crippen molar-refractivity contribution in [3.05, 3.63) is 11.8 Å². The van der Waals surface area contributed by atoms with Crippen LogP contribution >= 0.6 is 0 Å². The maximum absolute atomic E-state index is 12.5. The number of aromatic nitrogens is 2. The number of aromatic amines is 1. The zero-order valence-electron chi connectivity index (χ0n) is 11.7. The molecule has 0 unspecified atom stereocenters. The summed E-state index contributed by atoms with van der Waals surface area (Å²) in [4.78, 5) is 11.0. The number of methoxy groups -OCH3 is 1. The second-order valence-electron chi connectivity index (χ2n) is 4.67. The summed E-state index contributed by atoms with van der Waals surface area (Å²) in [6.45, 7) is 4.39. The van der Waals surface area contributed by atoms with Crippen LogP contribution in [-0.2, 0) is 14.8 Å². The second-order valence-corrected chi connectivity index (χ2v) is 6.54. The largest absolute Gasteiger partial charge is 0.478 e. The molecule has 2 N–H and O–H groups in total. The minimum absolute atomic E-state index is 0.0952. The molecule has 0 radical (unpaired) electrons. The number of nitrogens with one attached hydrogen (secondary N) is 1. The Balaban J connectivity index is 3.14. The molecule has 0 amide bonds. The molecule has 1 rings (SSSR count). The highest BCUT2D eigenvalue weighted by Crippen LogP contribution is 2.18. The summed E-state index contributed by atoms with van der Waals surface area (Å²) in [5.41, 5.74) is -0.365. The average molecular weight is 305 g/mol. The lowest BCUT2D eigenvalue weighted by Gasteiger charge is -2.23. The van der Waals surface area contributed by atoms with E-state index in [1.165, 1.54) is 11.4 Å². The molecular formula is C11H19N3O5S. The van der Waals surface area contributed by atoms with Crippen LogP contribution in [0.5, 0.6) is 0 Å². The Bertz CT molecular complexity index is 552. The van der Waals surface area contributed by atoms with Gasteiger partial charge in [-0.25, -0.2) is 13.2 Å². The molecule has 0 aliphatic carbocycles. The summed E-state index contributed by atoms with van der Waals surface area (Å²) >= 11 is 0. The zero-order valence-corrected chi connectivity index (χ0v) is 12.5. The summed E-state index contributed by atoms with van der Waals surface area (Å²) in [6, 6.07) is 0. The van der Waals surface area contributed by atoms with Gasteiger partial charge in [0.2, 0.25) is 0 Å². The normalized spacial score (nSPS) is 12.2. The molecule has 0 spiro atoms. The molecule has 0 atom stereocenters. The highest BCUT2D eigenvalue weighted by atomic mass is 32.2. The molecule has 114 valence electrons. The predicted octanol–water partition coefficient (Wildman–Crippen LogP) is 0.401. The lowest BCUT2D eigenvalue weighted by molar-refractivity contribution is 0.0692. The molecule has 0 saturated heterocycles. The van der Waals surface area contributed by atoms with E-state index in [1.54, 1.807) is 0 Å². The Labute approximate surface area is 117 Å². The molecule has 20 heavy (non-hydrogen) atoms. The molecule has 8 nitrogen and oxygen atoms in total. The van der Waals surface area contributed by atoms with Crippen molar-refractivity contribution in [2.75, 3.05) is 26.8 Å². The Morgan fingerprint density at radius 1 is 1.55 bits per heavy atom. The van der Waals surface area contributed by atoms with Crippen molar-refractivity contribution < 1.29 is 23.1 Å². The Kier molecular flexibility index (Phi) is 5.66. The molecule has 0 saturated carbocycles. The van der Waals surface area contributed by atoms with E-state index in [2.05, 4.69) is 10.2 Å². The molecule has 9 heteroatoms. The molecule has 0 fully saturated rings. The van der Waals surface area contributed by atoms with Crippen LogP contribution in [-0.4, -0.2) is 60.8 Å². The number of ether oxygens (including phenoxy) is 1. The molecule has 0 aromatic carbocycles. The third-order valence-corrected chi connectivity index (χ3v) is 4.38. The van der Waals surface area contributed by atoms with Gasteiger partial charge in [-0.2, -0.15) is 9.40 Å². The molecule has 0 aliphatic rings. The quantitative estimate of drug-likeness (QED) is 0.719. The number of hydrogen-bond acceptors (Lipinski definition) is 5. The first-order valence-electron chi connectivity index (χ1n) is 6.06. The number of aromatic carboxylic acids is 1. The summed E-state index contributed by atoms with van der Waals surface area (Å²) < 4.78 is 31.1. The van der Waals surface area contributed by atoms with Crippen LogP contribution in [0, 0.1) is 5.92 Å². The number of nitrogens with zero attached hydrogens (tertiary/aromatic N) is 2. The van der Waals surface area contributed by atoms with E-state index in [0.29, 0.717) is 0 Å². The standard InChI is InChI=1S/C11H19N3O5S/c1-8(2)7-14(4-5-19-3)20(17,18)10-9(11(15)16)6-12-13-10/h6,8H,4-5,7H2,1-3H3,(H,12,13)(H,15,16). The van der Waals surface area contributed by atoms with E-state index in [1.807, 2.05) is 13.8 Å². The van der Waals surface area contributed by atoms with Gasteiger partial charge in [0.25, 0.3) is 10.0 Å². The van der Waals surface area contributed by atoms with Crippen LogP contribution in [0.1, 0.15) is 24.2 Å². The van der Waals surface area contributed by atoms with E-state index in [4.69, 9.17) is 9.84 Å². The average Bonchev–Trinajstić information content (AvgIpc) is 2.83. The minimum Gasteiger partial charge on any atom is -0.478 e. The number of sulfonamides is 1. The highest BCUT2D eigenvalue weighted by Gasteiger charge is 2.31. The fraction of sp³-hybridized carbons (Fsp3) is 0.636. The van der Waals surface area contributed by atoms with Crippen molar-refractivity contribution in [2.24, 2.45) is 5.92 Å². The Morgan fingerprint density at radius 2 is 2.20 bits per heavy atom. The topological polar surface area (TPSA) is 113 Å². The van der Waals surface area contributed by atoms with Gasteiger partial charge >= 0.3 is 5.97 Å². The van der Waals surface area contributed by atoms with Gasteiger partial charge < -0.3 is 9.84 Å². The van der Waals surface area contributed by atoms with E-state index < -0.39 is 21.0 Å². The molecule has 0 bridgehead atoms. The molecule has 1 heterocycles. The first-order valence-corrected chi connectivity index (χ1v) is 7.50. The summed E-state index contributed by atoms with van der Waals surface area (Å²) in [6.07, 6.45) is 0.985. The lowest BCUT2D eigenvalue weighted by atomic mass is 10.2. The molecular weight excluding hydrogens is 286 g/mol. The van der Waals surface area contributed by atoms with Gasteiger partial charge in [0.15, 0.2) is 5.03 Å². The monoisotopic (exact) mass is 305 g/mol. The van der Waals surface area contributed by atoms with Crippen LogP contribution in [0.2, 0.25) is 0 Å². The number of hydrogen-bond donors (Lipinski definition) is 2. The van der Waals surface area contributed by atoms with E-state index in [9.17, 15) is 13.2 Å². The van der Waals surface area contributed by atoms with Gasteiger partial charge in [0.1, 0.15) is 5.56 Å². The van der Waals surface area contributed by atoms with Crippen LogP contribution in [0.25, 0.3) is 0 Å². The summed E-state index contributed by atoms with van der Waals surface area (Å²) in [5.74, 6) is -1.24. The predicted molar refractivity (Wildman–Crippen MR) is 71.0 cm³/mol. The van der Waals surface area contributed by atoms with Crippen LogP contribution < -0.4 is 0 Å². The molecule has 0 aliphatic heterocycles. The third kappa shape index (κ3) is 3.78. The van der Waals surface area contributed by atoms with Crippen LogP contribution in [0.15, 0.2) is 11.2 Å². The van der Waals surface area contributed by atoms with Gasteiger partial charge in [0, 0.05) is 20.2 Å². The molecule has 1 aromatic heterocycles. The first-order chi connectivity index (χ1) is 9.30.